The maximum Gasteiger partial charge on any atom is 0.121 e. The van der Waals surface area contributed by atoms with Crippen LogP contribution in [0, 0.1) is 16.7 Å². The number of nitrogens with one attached hydrogen (secondary N) is 1. The zero-order valence-electron chi connectivity index (χ0n) is 8.68. The molecule has 13 heavy (non-hydrogen) atoms. The molecule has 0 bridgehead atoms. The van der Waals surface area contributed by atoms with E-state index < -0.39 is 0 Å². The summed E-state index contributed by atoms with van der Waals surface area (Å²) in [7, 11) is 0. The molecule has 3 heteroatoms. The predicted molar refractivity (Wildman–Crippen MR) is 57.7 cm³/mol. The molecule has 0 spiro atoms. The molecule has 0 radical (unpaired) electrons. The van der Waals surface area contributed by atoms with Crippen LogP contribution in [0.2, 0.25) is 0 Å². The van der Waals surface area contributed by atoms with Gasteiger partial charge in [0.2, 0.25) is 0 Å². The van der Waals surface area contributed by atoms with Gasteiger partial charge in [-0.3, -0.25) is 5.32 Å². The summed E-state index contributed by atoms with van der Waals surface area (Å²) >= 11 is 1.88. The number of nitrogens with zero attached hydrogens (tertiary/aromatic N) is 1. The van der Waals surface area contributed by atoms with Crippen LogP contribution >= 0.6 is 11.8 Å². The van der Waals surface area contributed by atoms with E-state index in [9.17, 15) is 5.26 Å². The molecule has 0 amide bonds. The Hall–Kier alpha value is -0.200. The summed E-state index contributed by atoms with van der Waals surface area (Å²) in [5.74, 6) is 2.10. The van der Waals surface area contributed by atoms with E-state index in [2.05, 4.69) is 32.2 Å². The minimum absolute atomic E-state index is 0.100. The number of nitriles is 1. The molecular weight excluding hydrogens is 180 g/mol. The lowest BCUT2D eigenvalue weighted by atomic mass is 9.71. The van der Waals surface area contributed by atoms with Crippen LogP contribution in [0.15, 0.2) is 0 Å². The fourth-order valence-corrected chi connectivity index (χ4v) is 3.44. The van der Waals surface area contributed by atoms with Crippen molar-refractivity contribution >= 4 is 11.8 Å². The molecule has 1 N–H and O–H groups in total. The number of hydrogen-bond acceptors (Lipinski definition) is 3. The molecule has 1 saturated heterocycles. The van der Waals surface area contributed by atoms with E-state index in [0.717, 1.165) is 18.7 Å². The number of thioether (sulfide) groups is 1. The molecular formula is C10H18N2S. The fourth-order valence-electron chi connectivity index (χ4n) is 1.78. The van der Waals surface area contributed by atoms with Crippen LogP contribution in [0.3, 0.4) is 0 Å². The molecule has 1 fully saturated rings. The molecule has 0 aromatic heterocycles. The Balaban J connectivity index is 2.87. The Morgan fingerprint density at radius 3 is 2.69 bits per heavy atom. The summed E-state index contributed by atoms with van der Waals surface area (Å²) in [6.07, 6.45) is 1.12. The largest absolute Gasteiger partial charge is 0.299 e. The molecule has 1 unspecified atom stereocenters. The Bertz CT molecular complexity index is 215. The summed E-state index contributed by atoms with van der Waals surface area (Å²) in [5, 5.41) is 12.6. The van der Waals surface area contributed by atoms with E-state index >= 15 is 0 Å². The average molecular weight is 198 g/mol. The van der Waals surface area contributed by atoms with Gasteiger partial charge in [0.25, 0.3) is 0 Å². The van der Waals surface area contributed by atoms with Crippen molar-refractivity contribution in [2.24, 2.45) is 5.41 Å². The van der Waals surface area contributed by atoms with Crippen molar-refractivity contribution < 1.29 is 0 Å². The van der Waals surface area contributed by atoms with Crippen LogP contribution in [0.1, 0.15) is 27.2 Å². The van der Waals surface area contributed by atoms with E-state index in [4.69, 9.17) is 0 Å². The van der Waals surface area contributed by atoms with Crippen LogP contribution < -0.4 is 5.32 Å². The van der Waals surface area contributed by atoms with Gasteiger partial charge in [0.05, 0.1) is 6.07 Å². The van der Waals surface area contributed by atoms with Crippen molar-refractivity contribution in [3.63, 3.8) is 0 Å². The van der Waals surface area contributed by atoms with Gasteiger partial charge in [-0.15, -0.1) is 0 Å². The van der Waals surface area contributed by atoms with E-state index in [1.807, 2.05) is 11.8 Å². The van der Waals surface area contributed by atoms with Crippen molar-refractivity contribution in [1.29, 1.82) is 5.26 Å². The third-order valence-electron chi connectivity index (χ3n) is 3.01. The molecule has 1 rings (SSSR count). The second-order valence-corrected chi connectivity index (χ2v) is 5.34. The maximum absolute atomic E-state index is 9.28. The Morgan fingerprint density at radius 2 is 2.23 bits per heavy atom. The molecule has 74 valence electrons. The molecule has 1 heterocycles. The standard InChI is InChI=1S/C10H18N2S/c1-4-12-10(7-11)8-13-6-5-9(10,2)3/h12H,4-6,8H2,1-3H3. The van der Waals surface area contributed by atoms with Gasteiger partial charge in [0.15, 0.2) is 0 Å². The smallest absolute Gasteiger partial charge is 0.121 e. The van der Waals surface area contributed by atoms with Crippen molar-refractivity contribution in [2.75, 3.05) is 18.1 Å². The monoisotopic (exact) mass is 198 g/mol. The zero-order chi connectivity index (χ0) is 9.95. The maximum atomic E-state index is 9.28. The zero-order valence-corrected chi connectivity index (χ0v) is 9.50. The summed E-state index contributed by atoms with van der Waals surface area (Å²) in [6.45, 7) is 7.32. The van der Waals surface area contributed by atoms with Crippen LogP contribution in [0.25, 0.3) is 0 Å². The summed E-state index contributed by atoms with van der Waals surface area (Å²) in [6, 6.07) is 2.48. The lowest BCUT2D eigenvalue weighted by Crippen LogP contribution is -2.59. The van der Waals surface area contributed by atoms with E-state index in [1.54, 1.807) is 0 Å². The highest BCUT2D eigenvalue weighted by Gasteiger charge is 2.46. The van der Waals surface area contributed by atoms with Crippen LogP contribution in [-0.4, -0.2) is 23.6 Å². The topological polar surface area (TPSA) is 35.8 Å². The summed E-state index contributed by atoms with van der Waals surface area (Å²) in [4.78, 5) is 0. The predicted octanol–water partition coefficient (Wildman–Crippen LogP) is 2.02. The molecule has 0 saturated carbocycles. The molecule has 2 nitrogen and oxygen atoms in total. The average Bonchev–Trinajstić information content (AvgIpc) is 2.09. The van der Waals surface area contributed by atoms with Gasteiger partial charge < -0.3 is 0 Å². The minimum atomic E-state index is -0.315. The van der Waals surface area contributed by atoms with E-state index in [-0.39, 0.29) is 11.0 Å². The second kappa shape index (κ2) is 3.89. The van der Waals surface area contributed by atoms with Crippen molar-refractivity contribution in [2.45, 2.75) is 32.7 Å². The van der Waals surface area contributed by atoms with Gasteiger partial charge in [0, 0.05) is 5.75 Å². The quantitative estimate of drug-likeness (QED) is 0.737. The molecule has 1 aliphatic rings. The lowest BCUT2D eigenvalue weighted by Gasteiger charge is -2.45. The molecule has 0 aliphatic carbocycles. The Labute approximate surface area is 85.1 Å². The third-order valence-corrected chi connectivity index (χ3v) is 4.14. The van der Waals surface area contributed by atoms with Crippen LogP contribution in [-0.2, 0) is 0 Å². The second-order valence-electron chi connectivity index (χ2n) is 4.23. The first-order chi connectivity index (χ1) is 6.08. The lowest BCUT2D eigenvalue weighted by molar-refractivity contribution is 0.186. The van der Waals surface area contributed by atoms with Crippen LogP contribution in [0.5, 0.6) is 0 Å². The Morgan fingerprint density at radius 1 is 1.54 bits per heavy atom. The number of hydrogen-bond donors (Lipinski definition) is 1. The molecule has 0 aromatic carbocycles. The van der Waals surface area contributed by atoms with Gasteiger partial charge >= 0.3 is 0 Å². The SMILES string of the molecule is CCNC1(C#N)CSCCC1(C)C. The first kappa shape index (κ1) is 10.9. The molecule has 1 atom stereocenters. The third kappa shape index (κ3) is 1.84. The van der Waals surface area contributed by atoms with Crippen molar-refractivity contribution in [3.05, 3.63) is 0 Å². The van der Waals surface area contributed by atoms with Crippen molar-refractivity contribution in [1.82, 2.24) is 5.32 Å². The first-order valence-electron chi connectivity index (χ1n) is 4.82. The van der Waals surface area contributed by atoms with Gasteiger partial charge in [-0.05, 0) is 24.1 Å². The highest BCUT2D eigenvalue weighted by atomic mass is 32.2. The summed E-state index contributed by atoms with van der Waals surface area (Å²) in [5.41, 5.74) is -0.215. The van der Waals surface area contributed by atoms with Gasteiger partial charge in [-0.25, -0.2) is 0 Å². The number of rotatable bonds is 2. The van der Waals surface area contributed by atoms with E-state index in [1.165, 1.54) is 5.75 Å². The normalized spacial score (nSPS) is 32.5. The summed E-state index contributed by atoms with van der Waals surface area (Å²) < 4.78 is 0. The van der Waals surface area contributed by atoms with Gasteiger partial charge in [-0.2, -0.15) is 17.0 Å². The van der Waals surface area contributed by atoms with E-state index in [0.29, 0.717) is 0 Å². The minimum Gasteiger partial charge on any atom is -0.299 e. The van der Waals surface area contributed by atoms with Gasteiger partial charge in [0.1, 0.15) is 5.54 Å². The first-order valence-corrected chi connectivity index (χ1v) is 5.97. The molecule has 0 aromatic rings. The highest BCUT2D eigenvalue weighted by Crippen LogP contribution is 2.41. The fraction of sp³-hybridized carbons (Fsp3) is 0.900. The Kier molecular flexibility index (Phi) is 3.26. The van der Waals surface area contributed by atoms with Crippen molar-refractivity contribution in [3.8, 4) is 6.07 Å². The van der Waals surface area contributed by atoms with Gasteiger partial charge in [-0.1, -0.05) is 20.8 Å². The highest BCUT2D eigenvalue weighted by molar-refractivity contribution is 7.99. The van der Waals surface area contributed by atoms with Crippen LogP contribution in [0.4, 0.5) is 0 Å². The molecule has 1 aliphatic heterocycles.